The van der Waals surface area contributed by atoms with Crippen LogP contribution >= 0.6 is 0 Å². The maximum Gasteiger partial charge on any atom is 0.306 e. The molecule has 1 aliphatic carbocycles. The lowest BCUT2D eigenvalue weighted by atomic mass is 10.0. The standard InChI is InChI=1S/C29H34N4O4/c34-27(14-13-22-8-2-1-3-9-22)37-23(21-33-28(35)24-10-4-5-11-25(24)29(33)36)20-31-16-18-32(19-17-31)26-12-6-7-15-30-26/h1-9,12,15,23,35-36H,10-11,13-14,16-21H2. The highest BCUT2D eigenvalue weighted by atomic mass is 16.5. The molecule has 1 aliphatic heterocycles. The van der Waals surface area contributed by atoms with Gasteiger partial charge in [0.1, 0.15) is 11.9 Å². The fourth-order valence-electron chi connectivity index (χ4n) is 5.16. The number of carbonyl (C=O) groups excluding carboxylic acids is 1. The molecule has 2 N–H and O–H groups in total. The predicted molar refractivity (Wildman–Crippen MR) is 142 cm³/mol. The van der Waals surface area contributed by atoms with Crippen LogP contribution in [0.15, 0.2) is 66.9 Å². The summed E-state index contributed by atoms with van der Waals surface area (Å²) in [6.45, 7) is 3.98. The zero-order chi connectivity index (χ0) is 25.6. The van der Waals surface area contributed by atoms with Gasteiger partial charge >= 0.3 is 5.97 Å². The van der Waals surface area contributed by atoms with Gasteiger partial charge in [-0.3, -0.25) is 14.3 Å². The molecule has 2 aromatic heterocycles. The van der Waals surface area contributed by atoms with Crippen LogP contribution in [0.1, 0.15) is 23.1 Å². The number of aromatic nitrogens is 2. The molecule has 1 atom stereocenters. The molecule has 194 valence electrons. The summed E-state index contributed by atoms with van der Waals surface area (Å²) in [5, 5.41) is 21.7. The number of ether oxygens (including phenoxy) is 1. The van der Waals surface area contributed by atoms with E-state index in [9.17, 15) is 15.0 Å². The normalized spacial score (nSPS) is 16.4. The van der Waals surface area contributed by atoms with Crippen LogP contribution < -0.4 is 4.90 Å². The van der Waals surface area contributed by atoms with Crippen molar-refractivity contribution >= 4 is 11.8 Å². The van der Waals surface area contributed by atoms with Crippen molar-refractivity contribution in [3.63, 3.8) is 0 Å². The zero-order valence-corrected chi connectivity index (χ0v) is 21.0. The molecule has 0 spiro atoms. The Balaban J connectivity index is 1.26. The average Bonchev–Trinajstić information content (AvgIpc) is 3.18. The number of allylic oxidation sites excluding steroid dienone is 2. The number of aryl methyl sites for hydroxylation is 1. The molecular weight excluding hydrogens is 468 g/mol. The summed E-state index contributed by atoms with van der Waals surface area (Å²) in [4.78, 5) is 21.8. The molecule has 8 nitrogen and oxygen atoms in total. The number of anilines is 1. The van der Waals surface area contributed by atoms with Crippen molar-refractivity contribution in [1.29, 1.82) is 0 Å². The third-order valence-corrected chi connectivity index (χ3v) is 7.18. The Morgan fingerprint density at radius 3 is 2.22 bits per heavy atom. The van der Waals surface area contributed by atoms with Gasteiger partial charge in [-0.25, -0.2) is 4.98 Å². The van der Waals surface area contributed by atoms with Gasteiger partial charge in [0, 0.05) is 56.5 Å². The minimum absolute atomic E-state index is 0.0576. The lowest BCUT2D eigenvalue weighted by molar-refractivity contribution is -0.150. The van der Waals surface area contributed by atoms with E-state index in [1.807, 2.05) is 60.7 Å². The van der Waals surface area contributed by atoms with Crippen LogP contribution in [-0.2, 0) is 35.3 Å². The minimum Gasteiger partial charge on any atom is -0.494 e. The van der Waals surface area contributed by atoms with Crippen molar-refractivity contribution in [2.45, 2.75) is 38.3 Å². The maximum atomic E-state index is 12.9. The predicted octanol–water partition coefficient (Wildman–Crippen LogP) is 3.32. The van der Waals surface area contributed by atoms with Crippen LogP contribution in [0.4, 0.5) is 5.82 Å². The lowest BCUT2D eigenvalue weighted by Crippen LogP contribution is -2.49. The summed E-state index contributed by atoms with van der Waals surface area (Å²) in [5.41, 5.74) is 2.58. The van der Waals surface area contributed by atoms with Crippen molar-refractivity contribution in [3.05, 3.63) is 83.6 Å². The summed E-state index contributed by atoms with van der Waals surface area (Å²) in [7, 11) is 0. The Labute approximate surface area is 217 Å². The number of nitrogens with zero attached hydrogens (tertiary/aromatic N) is 4. The number of benzene rings is 1. The summed E-state index contributed by atoms with van der Waals surface area (Å²) in [6.07, 6.45) is 7.33. The third-order valence-electron chi connectivity index (χ3n) is 7.18. The van der Waals surface area contributed by atoms with Gasteiger partial charge in [-0.2, -0.15) is 0 Å². The SMILES string of the molecule is O=C(CCc1ccccc1)OC(CN1CCN(c2ccccn2)CC1)Cn1c(O)c2c(c1O)CC=CC2. The second kappa shape index (κ2) is 11.5. The number of rotatable bonds is 9. The van der Waals surface area contributed by atoms with Gasteiger partial charge in [0.25, 0.3) is 0 Å². The van der Waals surface area contributed by atoms with E-state index in [2.05, 4.69) is 14.8 Å². The first kappa shape index (κ1) is 24.9. The van der Waals surface area contributed by atoms with Crippen LogP contribution in [0.5, 0.6) is 11.8 Å². The van der Waals surface area contributed by atoms with Gasteiger partial charge in [-0.1, -0.05) is 48.6 Å². The smallest absolute Gasteiger partial charge is 0.306 e. The number of esters is 1. The number of fused-ring (bicyclic) bond motifs is 1. The lowest BCUT2D eigenvalue weighted by Gasteiger charge is -2.37. The zero-order valence-electron chi connectivity index (χ0n) is 21.0. The van der Waals surface area contributed by atoms with Gasteiger partial charge in [0.15, 0.2) is 11.8 Å². The van der Waals surface area contributed by atoms with Crippen molar-refractivity contribution in [2.24, 2.45) is 0 Å². The summed E-state index contributed by atoms with van der Waals surface area (Å²) < 4.78 is 7.46. The summed E-state index contributed by atoms with van der Waals surface area (Å²) in [5.74, 6) is 0.801. The van der Waals surface area contributed by atoms with E-state index in [-0.39, 0.29) is 30.7 Å². The molecule has 3 heterocycles. The second-order valence-electron chi connectivity index (χ2n) is 9.67. The van der Waals surface area contributed by atoms with E-state index >= 15 is 0 Å². The molecule has 1 unspecified atom stereocenters. The molecule has 0 radical (unpaired) electrons. The quantitative estimate of drug-likeness (QED) is 0.343. The molecule has 1 aromatic carbocycles. The van der Waals surface area contributed by atoms with Crippen molar-refractivity contribution in [2.75, 3.05) is 37.6 Å². The van der Waals surface area contributed by atoms with Crippen LogP contribution in [-0.4, -0.2) is 69.5 Å². The largest absolute Gasteiger partial charge is 0.494 e. The molecule has 2 aliphatic rings. The number of aromatic hydroxyl groups is 2. The van der Waals surface area contributed by atoms with Gasteiger partial charge in [0.05, 0.1) is 6.54 Å². The molecule has 0 bridgehead atoms. The number of carbonyl (C=O) groups is 1. The van der Waals surface area contributed by atoms with E-state index in [0.717, 1.165) is 48.7 Å². The van der Waals surface area contributed by atoms with Crippen LogP contribution in [0.3, 0.4) is 0 Å². The monoisotopic (exact) mass is 502 g/mol. The molecule has 0 saturated carbocycles. The number of piperazine rings is 1. The first-order valence-corrected chi connectivity index (χ1v) is 13.0. The molecule has 3 aromatic rings. The Morgan fingerprint density at radius 2 is 1.57 bits per heavy atom. The van der Waals surface area contributed by atoms with Crippen molar-refractivity contribution in [1.82, 2.24) is 14.5 Å². The molecule has 37 heavy (non-hydrogen) atoms. The average molecular weight is 503 g/mol. The van der Waals surface area contributed by atoms with E-state index in [1.165, 1.54) is 4.57 Å². The Kier molecular flexibility index (Phi) is 7.75. The van der Waals surface area contributed by atoms with Gasteiger partial charge < -0.3 is 19.8 Å². The van der Waals surface area contributed by atoms with Crippen LogP contribution in [0.2, 0.25) is 0 Å². The van der Waals surface area contributed by atoms with Gasteiger partial charge in [-0.15, -0.1) is 0 Å². The van der Waals surface area contributed by atoms with Gasteiger partial charge in [0.2, 0.25) is 0 Å². The van der Waals surface area contributed by atoms with E-state index < -0.39 is 6.10 Å². The summed E-state index contributed by atoms with van der Waals surface area (Å²) >= 11 is 0. The molecule has 1 fully saturated rings. The Morgan fingerprint density at radius 1 is 0.892 bits per heavy atom. The maximum absolute atomic E-state index is 12.9. The highest BCUT2D eigenvalue weighted by Gasteiger charge is 2.28. The van der Waals surface area contributed by atoms with Crippen LogP contribution in [0, 0.1) is 0 Å². The fraction of sp³-hybridized carbons (Fsp3) is 0.379. The van der Waals surface area contributed by atoms with E-state index in [0.29, 0.717) is 25.8 Å². The number of hydrogen-bond donors (Lipinski definition) is 2. The third kappa shape index (κ3) is 5.97. The van der Waals surface area contributed by atoms with Crippen molar-refractivity contribution in [3.8, 4) is 11.8 Å². The molecule has 0 amide bonds. The fourth-order valence-corrected chi connectivity index (χ4v) is 5.16. The Hall–Kier alpha value is -3.78. The Bertz CT molecular complexity index is 1190. The van der Waals surface area contributed by atoms with Crippen LogP contribution in [0.25, 0.3) is 0 Å². The van der Waals surface area contributed by atoms with Crippen molar-refractivity contribution < 1.29 is 19.7 Å². The van der Waals surface area contributed by atoms with Gasteiger partial charge in [-0.05, 0) is 37.0 Å². The highest BCUT2D eigenvalue weighted by Crippen LogP contribution is 2.37. The summed E-state index contributed by atoms with van der Waals surface area (Å²) in [6, 6.07) is 15.8. The number of hydrogen-bond acceptors (Lipinski definition) is 7. The molecule has 1 saturated heterocycles. The van der Waals surface area contributed by atoms with E-state index in [4.69, 9.17) is 4.74 Å². The topological polar surface area (TPSA) is 91.1 Å². The highest BCUT2D eigenvalue weighted by molar-refractivity contribution is 5.70. The molecule has 5 rings (SSSR count). The number of pyridine rings is 1. The molecule has 8 heteroatoms. The second-order valence-corrected chi connectivity index (χ2v) is 9.67. The first-order chi connectivity index (χ1) is 18.1. The van der Waals surface area contributed by atoms with E-state index in [1.54, 1.807) is 6.20 Å². The molecular formula is C29H34N4O4. The first-order valence-electron chi connectivity index (χ1n) is 13.0. The minimum atomic E-state index is -0.511.